The summed E-state index contributed by atoms with van der Waals surface area (Å²) in [7, 11) is 1.76. The van der Waals surface area contributed by atoms with Crippen molar-refractivity contribution in [2.45, 2.75) is 29.4 Å². The van der Waals surface area contributed by atoms with Gasteiger partial charge in [0, 0.05) is 20.2 Å². The van der Waals surface area contributed by atoms with Crippen LogP contribution in [0.15, 0.2) is 35.5 Å². The second-order valence-electron chi connectivity index (χ2n) is 5.37. The lowest BCUT2D eigenvalue weighted by molar-refractivity contribution is -0.121. The average molecular weight is 333 g/mol. The van der Waals surface area contributed by atoms with E-state index in [0.29, 0.717) is 11.7 Å². The summed E-state index contributed by atoms with van der Waals surface area (Å²) < 4.78 is 7.12. The van der Waals surface area contributed by atoms with Gasteiger partial charge in [-0.25, -0.2) is 4.68 Å². The summed E-state index contributed by atoms with van der Waals surface area (Å²) in [6, 6.07) is 9.65. The zero-order valence-corrected chi connectivity index (χ0v) is 13.7. The van der Waals surface area contributed by atoms with Crippen LogP contribution >= 0.6 is 11.8 Å². The van der Waals surface area contributed by atoms with Crippen LogP contribution in [0.5, 0.6) is 0 Å². The van der Waals surface area contributed by atoms with E-state index in [4.69, 9.17) is 4.74 Å². The van der Waals surface area contributed by atoms with E-state index in [1.54, 1.807) is 11.7 Å². The molecule has 2 aromatic rings. The minimum atomic E-state index is -0.401. The van der Waals surface area contributed by atoms with Crippen molar-refractivity contribution < 1.29 is 9.53 Å². The smallest absolute Gasteiger partial charge is 0.238 e. The highest BCUT2D eigenvalue weighted by Crippen LogP contribution is 2.33. The number of tetrazole rings is 1. The van der Waals surface area contributed by atoms with Gasteiger partial charge < -0.3 is 10.1 Å². The van der Waals surface area contributed by atoms with E-state index in [-0.39, 0.29) is 12.0 Å². The molecule has 0 radical (unpaired) electrons. The monoisotopic (exact) mass is 333 g/mol. The van der Waals surface area contributed by atoms with Crippen LogP contribution in [0, 0.1) is 0 Å². The third kappa shape index (κ3) is 4.08. The normalized spacial score (nSPS) is 18.7. The van der Waals surface area contributed by atoms with Crippen molar-refractivity contribution in [2.24, 2.45) is 7.05 Å². The van der Waals surface area contributed by atoms with Gasteiger partial charge >= 0.3 is 0 Å². The maximum absolute atomic E-state index is 12.7. The number of carbonyl (C=O) groups is 1. The molecule has 7 nitrogen and oxygen atoms in total. The number of hydrogen-bond acceptors (Lipinski definition) is 6. The van der Waals surface area contributed by atoms with Gasteiger partial charge in [0.15, 0.2) is 0 Å². The van der Waals surface area contributed by atoms with Gasteiger partial charge in [-0.05, 0) is 28.8 Å². The number of nitrogens with zero attached hydrogens (tertiary/aromatic N) is 4. The van der Waals surface area contributed by atoms with E-state index in [1.165, 1.54) is 11.8 Å². The fourth-order valence-electron chi connectivity index (χ4n) is 2.44. The molecule has 1 fully saturated rings. The third-order valence-electron chi connectivity index (χ3n) is 3.67. The number of carbonyl (C=O) groups excluding carboxylic acids is 1. The van der Waals surface area contributed by atoms with Crippen molar-refractivity contribution in [3.8, 4) is 0 Å². The fraction of sp³-hybridized carbons (Fsp3) is 0.467. The highest BCUT2D eigenvalue weighted by atomic mass is 32.2. The Balaban J connectivity index is 1.71. The number of hydrogen-bond donors (Lipinski definition) is 1. The maximum Gasteiger partial charge on any atom is 0.238 e. The Morgan fingerprint density at radius 2 is 2.30 bits per heavy atom. The number of rotatable bonds is 6. The van der Waals surface area contributed by atoms with Gasteiger partial charge in [-0.15, -0.1) is 5.10 Å². The molecule has 1 aliphatic rings. The second-order valence-corrected chi connectivity index (χ2v) is 6.45. The minimum Gasteiger partial charge on any atom is -0.376 e. The summed E-state index contributed by atoms with van der Waals surface area (Å²) in [5.41, 5.74) is 0.922. The van der Waals surface area contributed by atoms with E-state index < -0.39 is 5.25 Å². The van der Waals surface area contributed by atoms with Crippen LogP contribution in [0.25, 0.3) is 0 Å². The number of ether oxygens (including phenoxy) is 1. The van der Waals surface area contributed by atoms with Crippen LogP contribution in [-0.4, -0.2) is 45.4 Å². The lowest BCUT2D eigenvalue weighted by atomic mass is 10.1. The van der Waals surface area contributed by atoms with E-state index >= 15 is 0 Å². The van der Waals surface area contributed by atoms with Crippen molar-refractivity contribution in [3.05, 3.63) is 35.9 Å². The van der Waals surface area contributed by atoms with E-state index in [9.17, 15) is 4.79 Å². The summed E-state index contributed by atoms with van der Waals surface area (Å²) in [6.07, 6.45) is 2.18. The molecule has 0 saturated carbocycles. The molecule has 0 unspecified atom stereocenters. The minimum absolute atomic E-state index is 0.0558. The molecule has 2 atom stereocenters. The molecule has 1 aromatic heterocycles. The molecule has 0 aliphatic carbocycles. The van der Waals surface area contributed by atoms with Gasteiger partial charge in [-0.1, -0.05) is 42.1 Å². The van der Waals surface area contributed by atoms with Crippen LogP contribution in [0.4, 0.5) is 0 Å². The summed E-state index contributed by atoms with van der Waals surface area (Å²) in [5, 5.41) is 14.6. The Hall–Kier alpha value is -1.93. The average Bonchev–Trinajstić information content (AvgIpc) is 3.23. The van der Waals surface area contributed by atoms with Gasteiger partial charge in [-0.2, -0.15) is 0 Å². The highest BCUT2D eigenvalue weighted by Gasteiger charge is 2.25. The molecule has 1 N–H and O–H groups in total. The Morgan fingerprint density at radius 3 is 2.96 bits per heavy atom. The standard InChI is InChI=1S/C15H19N5O2S/c1-20-15(17-18-19-20)23-13(11-6-3-2-4-7-11)14(21)16-10-12-8-5-9-22-12/h2-4,6-7,12-13H,5,8-10H2,1H3,(H,16,21)/t12-,13-/m1/s1. The molecular formula is C15H19N5O2S. The van der Waals surface area contributed by atoms with Crippen LogP contribution < -0.4 is 5.32 Å². The number of nitrogens with one attached hydrogen (secondary N) is 1. The Labute approximate surface area is 138 Å². The predicted octanol–water partition coefficient (Wildman–Crippen LogP) is 1.34. The first kappa shape index (κ1) is 15.9. The van der Waals surface area contributed by atoms with Crippen molar-refractivity contribution in [1.29, 1.82) is 0 Å². The number of amides is 1. The Bertz CT molecular complexity index is 642. The lowest BCUT2D eigenvalue weighted by Gasteiger charge is -2.17. The quantitative estimate of drug-likeness (QED) is 0.803. The molecule has 23 heavy (non-hydrogen) atoms. The van der Waals surface area contributed by atoms with E-state index in [2.05, 4.69) is 20.8 Å². The summed E-state index contributed by atoms with van der Waals surface area (Å²) >= 11 is 1.34. The topological polar surface area (TPSA) is 81.9 Å². The second kappa shape index (κ2) is 7.56. The Kier molecular flexibility index (Phi) is 5.24. The largest absolute Gasteiger partial charge is 0.376 e. The van der Waals surface area contributed by atoms with Crippen LogP contribution in [0.3, 0.4) is 0 Å². The maximum atomic E-state index is 12.7. The van der Waals surface area contributed by atoms with Gasteiger partial charge in [0.2, 0.25) is 11.1 Å². The van der Waals surface area contributed by atoms with Crippen molar-refractivity contribution in [2.75, 3.05) is 13.2 Å². The van der Waals surface area contributed by atoms with Gasteiger partial charge in [0.25, 0.3) is 0 Å². The SMILES string of the molecule is Cn1nnnc1S[C@@H](C(=O)NC[C@H]1CCCO1)c1ccccc1. The number of aromatic nitrogens is 4. The summed E-state index contributed by atoms with van der Waals surface area (Å²) in [6.45, 7) is 1.32. The fourth-order valence-corrected chi connectivity index (χ4v) is 3.41. The first-order valence-corrected chi connectivity index (χ1v) is 8.45. The number of benzene rings is 1. The molecule has 122 valence electrons. The molecule has 0 spiro atoms. The highest BCUT2D eigenvalue weighted by molar-refractivity contribution is 8.00. The molecule has 3 rings (SSSR count). The summed E-state index contributed by atoms with van der Waals surface area (Å²) in [5.74, 6) is -0.0558. The molecule has 8 heteroatoms. The van der Waals surface area contributed by atoms with Gasteiger partial charge in [0.05, 0.1) is 6.10 Å². The zero-order valence-electron chi connectivity index (χ0n) is 12.9. The number of thioether (sulfide) groups is 1. The van der Waals surface area contributed by atoms with E-state index in [0.717, 1.165) is 25.0 Å². The zero-order chi connectivity index (χ0) is 16.1. The van der Waals surface area contributed by atoms with Gasteiger partial charge in [0.1, 0.15) is 5.25 Å². The third-order valence-corrected chi connectivity index (χ3v) is 4.95. The van der Waals surface area contributed by atoms with Crippen LogP contribution in [-0.2, 0) is 16.6 Å². The molecule has 1 aliphatic heterocycles. The first-order chi connectivity index (χ1) is 11.2. The molecule has 1 aromatic carbocycles. The first-order valence-electron chi connectivity index (χ1n) is 7.57. The lowest BCUT2D eigenvalue weighted by Crippen LogP contribution is -2.34. The molecule has 0 bridgehead atoms. The Morgan fingerprint density at radius 1 is 1.48 bits per heavy atom. The molecule has 2 heterocycles. The van der Waals surface area contributed by atoms with Crippen LogP contribution in [0.1, 0.15) is 23.7 Å². The van der Waals surface area contributed by atoms with Crippen molar-refractivity contribution >= 4 is 17.7 Å². The number of aryl methyl sites for hydroxylation is 1. The summed E-state index contributed by atoms with van der Waals surface area (Å²) in [4.78, 5) is 12.7. The van der Waals surface area contributed by atoms with E-state index in [1.807, 2.05) is 30.3 Å². The van der Waals surface area contributed by atoms with Crippen molar-refractivity contribution in [3.63, 3.8) is 0 Å². The molecular weight excluding hydrogens is 314 g/mol. The molecule has 1 amide bonds. The molecule has 1 saturated heterocycles. The van der Waals surface area contributed by atoms with Crippen LogP contribution in [0.2, 0.25) is 0 Å². The van der Waals surface area contributed by atoms with Crippen molar-refractivity contribution in [1.82, 2.24) is 25.5 Å². The predicted molar refractivity (Wildman–Crippen MR) is 85.8 cm³/mol. The van der Waals surface area contributed by atoms with Gasteiger partial charge in [-0.3, -0.25) is 4.79 Å².